The Morgan fingerprint density at radius 2 is 1.93 bits per heavy atom. The number of pyridine rings is 1. The normalized spacial score (nSPS) is 17.4. The maximum atomic E-state index is 13.8. The average molecular weight is 578 g/mol. The Morgan fingerprint density at radius 1 is 1.10 bits per heavy atom. The Hall–Kier alpha value is -3.96. The molecule has 2 aromatic heterocycles. The van der Waals surface area contributed by atoms with E-state index in [-0.39, 0.29) is 5.69 Å². The summed E-state index contributed by atoms with van der Waals surface area (Å²) in [5.41, 5.74) is 5.03. The number of nitrogens with one attached hydrogen (secondary N) is 2. The highest BCUT2D eigenvalue weighted by Crippen LogP contribution is 2.34. The van der Waals surface area contributed by atoms with Gasteiger partial charge in [0.25, 0.3) is 5.91 Å². The number of alkyl halides is 3. The van der Waals surface area contributed by atoms with Crippen molar-refractivity contribution in [1.29, 1.82) is 0 Å². The summed E-state index contributed by atoms with van der Waals surface area (Å²) in [4.78, 5) is 24.3. The molecule has 2 N–H and O–H groups in total. The number of nitrogens with zero attached hydrogens (tertiary/aromatic N) is 5. The zero-order chi connectivity index (χ0) is 29.6. The van der Waals surface area contributed by atoms with Crippen molar-refractivity contribution in [2.45, 2.75) is 45.1 Å². The van der Waals surface area contributed by atoms with Crippen molar-refractivity contribution in [2.24, 2.45) is 0 Å². The van der Waals surface area contributed by atoms with Gasteiger partial charge in [-0.15, -0.1) is 0 Å². The van der Waals surface area contributed by atoms with Gasteiger partial charge in [0.05, 0.1) is 11.3 Å². The summed E-state index contributed by atoms with van der Waals surface area (Å²) in [6.45, 7) is 5.35. The van der Waals surface area contributed by atoms with Gasteiger partial charge in [-0.1, -0.05) is 6.07 Å². The lowest BCUT2D eigenvalue weighted by atomic mass is 10.1. The molecular formula is C31H34F3N7O. The maximum absolute atomic E-state index is 13.8. The second-order valence-electron chi connectivity index (χ2n) is 11.6. The van der Waals surface area contributed by atoms with Gasteiger partial charge in [-0.2, -0.15) is 18.3 Å². The highest BCUT2D eigenvalue weighted by Gasteiger charge is 2.32. The summed E-state index contributed by atoms with van der Waals surface area (Å²) in [5, 5.41) is 10.8. The minimum Gasteiger partial charge on any atom is -0.367 e. The van der Waals surface area contributed by atoms with Crippen molar-refractivity contribution in [3.05, 3.63) is 82.2 Å². The van der Waals surface area contributed by atoms with Crippen LogP contribution in [0.1, 0.15) is 44.7 Å². The molecule has 42 heavy (non-hydrogen) atoms. The summed E-state index contributed by atoms with van der Waals surface area (Å²) in [7, 11) is 4.03. The molecule has 0 saturated carbocycles. The summed E-state index contributed by atoms with van der Waals surface area (Å²) in [5.74, 6) is -0.444. The molecular weight excluding hydrogens is 543 g/mol. The fourth-order valence-electron chi connectivity index (χ4n) is 5.99. The van der Waals surface area contributed by atoms with E-state index in [0.29, 0.717) is 30.3 Å². The fraction of sp³-hybridized carbons (Fsp3) is 0.387. The van der Waals surface area contributed by atoms with E-state index in [1.807, 2.05) is 39.3 Å². The number of hydrogen-bond acceptors (Lipinski definition) is 6. The van der Waals surface area contributed by atoms with Crippen molar-refractivity contribution < 1.29 is 18.0 Å². The van der Waals surface area contributed by atoms with Crippen molar-refractivity contribution in [1.82, 2.24) is 25.0 Å². The second kappa shape index (κ2) is 11.0. The quantitative estimate of drug-likeness (QED) is 0.313. The molecule has 0 aliphatic carbocycles. The lowest BCUT2D eigenvalue weighted by Gasteiger charge is -2.21. The third kappa shape index (κ3) is 5.84. The molecule has 2 aliphatic rings. The molecule has 8 nitrogen and oxygen atoms in total. The van der Waals surface area contributed by atoms with Crippen molar-refractivity contribution in [3.63, 3.8) is 0 Å². The van der Waals surface area contributed by atoms with Gasteiger partial charge in [-0.25, -0.2) is 4.98 Å². The number of anilines is 2. The number of rotatable bonds is 7. The molecule has 1 saturated heterocycles. The average Bonchev–Trinajstić information content (AvgIpc) is 3.67. The molecule has 1 atom stereocenters. The first-order chi connectivity index (χ1) is 20.0. The molecule has 0 radical (unpaired) electrons. The third-order valence-electron chi connectivity index (χ3n) is 8.34. The number of likely N-dealkylation sites (N-methyl/N-ethyl adjacent to an activating group) is 1. The Bertz CT molecular complexity index is 1630. The van der Waals surface area contributed by atoms with E-state index in [1.54, 1.807) is 12.1 Å². The lowest BCUT2D eigenvalue weighted by Crippen LogP contribution is -2.31. The standard InChI is InChI=1S/C31H34F3N7O/c1-19-27-12-21(15-35-29(27)38-37-19)17-41-9-6-22-4-5-23(13-28(22)41)30(42)36-25-11-20(10-24(14-25)31(32,33)34)16-40-8-7-26(18-40)39(2)3/h4-5,10-15,26H,6-9,16-18H2,1-3H3,(H,36,42)(H,35,37,38)/t26-/m1/s1. The van der Waals surface area contributed by atoms with Crippen molar-refractivity contribution in [2.75, 3.05) is 43.9 Å². The van der Waals surface area contributed by atoms with Crippen LogP contribution >= 0.6 is 0 Å². The molecule has 11 heteroatoms. The molecule has 0 bridgehead atoms. The van der Waals surface area contributed by atoms with Crippen LogP contribution in [0.5, 0.6) is 0 Å². The Balaban J connectivity index is 1.20. The number of amides is 1. The van der Waals surface area contributed by atoms with Gasteiger partial charge >= 0.3 is 6.18 Å². The van der Waals surface area contributed by atoms with Crippen LogP contribution in [0.3, 0.4) is 0 Å². The van der Waals surface area contributed by atoms with Crippen LogP contribution < -0.4 is 10.2 Å². The van der Waals surface area contributed by atoms with Gasteiger partial charge in [0.15, 0.2) is 5.65 Å². The largest absolute Gasteiger partial charge is 0.416 e. The summed E-state index contributed by atoms with van der Waals surface area (Å²) < 4.78 is 41.4. The molecule has 0 unspecified atom stereocenters. The van der Waals surface area contributed by atoms with Gasteiger partial charge in [-0.05, 0) is 86.9 Å². The first-order valence-corrected chi connectivity index (χ1v) is 14.1. The van der Waals surface area contributed by atoms with Crippen LogP contribution in [0.15, 0.2) is 48.7 Å². The van der Waals surface area contributed by atoms with Crippen LogP contribution in [0.25, 0.3) is 11.0 Å². The van der Waals surface area contributed by atoms with Gasteiger partial charge in [0.1, 0.15) is 0 Å². The minimum atomic E-state index is -4.52. The number of likely N-dealkylation sites (tertiary alicyclic amines) is 1. The topological polar surface area (TPSA) is 80.4 Å². The number of aromatic amines is 1. The van der Waals surface area contributed by atoms with Gasteiger partial charge in [-0.3, -0.25) is 14.8 Å². The summed E-state index contributed by atoms with van der Waals surface area (Å²) in [6.07, 6.45) is -0.880. The number of hydrogen-bond donors (Lipinski definition) is 2. The van der Waals surface area contributed by atoms with Crippen LogP contribution in [0.4, 0.5) is 24.5 Å². The van der Waals surface area contributed by atoms with Crippen molar-refractivity contribution >= 4 is 28.3 Å². The first-order valence-electron chi connectivity index (χ1n) is 14.1. The van der Waals surface area contributed by atoms with E-state index in [4.69, 9.17) is 0 Å². The van der Waals surface area contributed by atoms with E-state index < -0.39 is 17.6 Å². The minimum absolute atomic E-state index is 0.139. The summed E-state index contributed by atoms with van der Waals surface area (Å²) >= 11 is 0. The fourth-order valence-corrected chi connectivity index (χ4v) is 5.99. The molecule has 1 fully saturated rings. The Kier molecular flexibility index (Phi) is 7.40. The van der Waals surface area contributed by atoms with E-state index in [2.05, 4.69) is 41.3 Å². The lowest BCUT2D eigenvalue weighted by molar-refractivity contribution is -0.137. The number of fused-ring (bicyclic) bond motifs is 2. The molecule has 6 rings (SSSR count). The smallest absolute Gasteiger partial charge is 0.367 e. The van der Waals surface area contributed by atoms with Gasteiger partial charge in [0, 0.05) is 67.3 Å². The predicted octanol–water partition coefficient (Wildman–Crippen LogP) is 5.24. The van der Waals surface area contributed by atoms with Crippen LogP contribution in [-0.4, -0.2) is 70.7 Å². The van der Waals surface area contributed by atoms with Crippen LogP contribution in [0, 0.1) is 6.92 Å². The van der Waals surface area contributed by atoms with E-state index >= 15 is 0 Å². The van der Waals surface area contributed by atoms with Crippen LogP contribution in [0.2, 0.25) is 0 Å². The van der Waals surface area contributed by atoms with E-state index in [1.165, 1.54) is 6.07 Å². The predicted molar refractivity (Wildman–Crippen MR) is 157 cm³/mol. The molecule has 4 aromatic rings. The molecule has 0 spiro atoms. The van der Waals surface area contributed by atoms with Crippen LogP contribution in [-0.2, 0) is 25.7 Å². The van der Waals surface area contributed by atoms with Crippen molar-refractivity contribution in [3.8, 4) is 0 Å². The first kappa shape index (κ1) is 28.2. The maximum Gasteiger partial charge on any atom is 0.416 e. The molecule has 2 aliphatic heterocycles. The molecule has 220 valence electrons. The molecule has 4 heterocycles. The van der Waals surface area contributed by atoms with E-state index in [0.717, 1.165) is 72.1 Å². The zero-order valence-electron chi connectivity index (χ0n) is 23.9. The number of carbonyl (C=O) groups is 1. The monoisotopic (exact) mass is 577 g/mol. The van der Waals surface area contributed by atoms with Gasteiger partial charge < -0.3 is 15.1 Å². The number of benzene rings is 2. The van der Waals surface area contributed by atoms with E-state index in [9.17, 15) is 18.0 Å². The Morgan fingerprint density at radius 3 is 2.69 bits per heavy atom. The second-order valence-corrected chi connectivity index (χ2v) is 11.6. The number of aromatic nitrogens is 3. The molecule has 2 aromatic carbocycles. The zero-order valence-corrected chi connectivity index (χ0v) is 23.9. The summed E-state index contributed by atoms with van der Waals surface area (Å²) in [6, 6.07) is 11.8. The Labute approximate surface area is 242 Å². The van der Waals surface area contributed by atoms with Gasteiger partial charge in [0.2, 0.25) is 0 Å². The number of H-pyrrole nitrogens is 1. The highest BCUT2D eigenvalue weighted by atomic mass is 19.4. The number of carbonyl (C=O) groups excluding carboxylic acids is 1. The highest BCUT2D eigenvalue weighted by molar-refractivity contribution is 6.05. The molecule has 1 amide bonds. The SMILES string of the molecule is Cc1n[nH]c2ncc(CN3CCc4ccc(C(=O)Nc5cc(CN6CC[C@@H](N(C)C)C6)cc(C(F)(F)F)c5)cc43)cc12. The number of halogens is 3. The number of aryl methyl sites for hydroxylation is 1. The third-order valence-corrected chi connectivity index (χ3v) is 8.34.